The van der Waals surface area contributed by atoms with Crippen LogP contribution >= 0.6 is 0 Å². The molecule has 1 amide bonds. The Labute approximate surface area is 174 Å². The fraction of sp³-hybridized carbons (Fsp3) is 0.409. The molecule has 8 heteroatoms. The summed E-state index contributed by atoms with van der Waals surface area (Å²) < 4.78 is 6.11. The molecule has 156 valence electrons. The third-order valence-corrected chi connectivity index (χ3v) is 6.07. The third kappa shape index (κ3) is 3.32. The molecule has 30 heavy (non-hydrogen) atoms. The van der Waals surface area contributed by atoms with Gasteiger partial charge in [-0.25, -0.2) is 4.98 Å². The fourth-order valence-electron chi connectivity index (χ4n) is 4.51. The number of pyridine rings is 1. The maximum absolute atomic E-state index is 13.7. The molecule has 5 rings (SSSR count). The minimum atomic E-state index is -0.302. The first-order valence-electron chi connectivity index (χ1n) is 10.3. The van der Waals surface area contributed by atoms with Gasteiger partial charge in [0.25, 0.3) is 5.91 Å². The van der Waals surface area contributed by atoms with Crippen molar-refractivity contribution in [3.63, 3.8) is 0 Å². The lowest BCUT2D eigenvalue weighted by Crippen LogP contribution is -2.60. The van der Waals surface area contributed by atoms with Crippen molar-refractivity contribution in [1.82, 2.24) is 25.4 Å². The molecule has 2 aliphatic heterocycles. The van der Waals surface area contributed by atoms with E-state index in [0.717, 1.165) is 42.6 Å². The van der Waals surface area contributed by atoms with E-state index < -0.39 is 0 Å². The van der Waals surface area contributed by atoms with Crippen molar-refractivity contribution in [3.8, 4) is 17.0 Å². The topological polar surface area (TPSA) is 103 Å². The van der Waals surface area contributed by atoms with Gasteiger partial charge in [0.2, 0.25) is 0 Å². The number of morpholine rings is 1. The Hall–Kier alpha value is -2.97. The van der Waals surface area contributed by atoms with Gasteiger partial charge in [-0.05, 0) is 56.6 Å². The van der Waals surface area contributed by atoms with Gasteiger partial charge in [-0.3, -0.25) is 9.89 Å². The molecule has 4 heterocycles. The number of H-pyrrole nitrogens is 1. The van der Waals surface area contributed by atoms with Gasteiger partial charge in [-0.1, -0.05) is 0 Å². The van der Waals surface area contributed by atoms with Gasteiger partial charge >= 0.3 is 0 Å². The van der Waals surface area contributed by atoms with Gasteiger partial charge in [0, 0.05) is 24.3 Å². The number of carbonyl (C=O) groups is 1. The quantitative estimate of drug-likeness (QED) is 0.602. The number of fused-ring (bicyclic) bond motifs is 1. The van der Waals surface area contributed by atoms with Crippen LogP contribution in [0.4, 0.5) is 0 Å². The van der Waals surface area contributed by atoms with Gasteiger partial charge in [0.15, 0.2) is 5.65 Å². The second-order valence-electron chi connectivity index (χ2n) is 8.19. The van der Waals surface area contributed by atoms with Crippen LogP contribution in [0.15, 0.2) is 30.3 Å². The van der Waals surface area contributed by atoms with E-state index in [0.29, 0.717) is 36.6 Å². The predicted octanol–water partition coefficient (Wildman–Crippen LogP) is 2.23. The SMILES string of the molecule is Cc1[nH]nc2nc(-c3ccc(O)cc3)cc(C(=O)N3CCOC4(CCCNC4)C3)c12. The van der Waals surface area contributed by atoms with Crippen LogP contribution in [0.25, 0.3) is 22.3 Å². The number of hydrogen-bond acceptors (Lipinski definition) is 6. The summed E-state index contributed by atoms with van der Waals surface area (Å²) in [6, 6.07) is 8.63. The number of amides is 1. The molecule has 2 aliphatic rings. The number of aromatic nitrogens is 3. The Bertz CT molecular complexity index is 1080. The Morgan fingerprint density at radius 1 is 1.30 bits per heavy atom. The van der Waals surface area contributed by atoms with Crippen LogP contribution in [0.3, 0.4) is 0 Å². The largest absolute Gasteiger partial charge is 0.508 e. The number of aryl methyl sites for hydroxylation is 1. The number of rotatable bonds is 2. The van der Waals surface area contributed by atoms with E-state index in [-0.39, 0.29) is 17.3 Å². The van der Waals surface area contributed by atoms with Crippen molar-refractivity contribution in [1.29, 1.82) is 0 Å². The summed E-state index contributed by atoms with van der Waals surface area (Å²) in [6.07, 6.45) is 2.01. The van der Waals surface area contributed by atoms with Crippen molar-refractivity contribution < 1.29 is 14.6 Å². The number of nitrogens with one attached hydrogen (secondary N) is 2. The first-order valence-corrected chi connectivity index (χ1v) is 10.3. The Kier molecular flexibility index (Phi) is 4.67. The summed E-state index contributed by atoms with van der Waals surface area (Å²) in [5, 5.41) is 21.0. The molecular formula is C22H25N5O3. The lowest BCUT2D eigenvalue weighted by Gasteiger charge is -2.45. The van der Waals surface area contributed by atoms with Gasteiger partial charge in [0.1, 0.15) is 5.75 Å². The molecule has 0 aliphatic carbocycles. The van der Waals surface area contributed by atoms with Gasteiger partial charge in [0.05, 0.1) is 35.4 Å². The molecule has 3 N–H and O–H groups in total. The fourth-order valence-corrected chi connectivity index (χ4v) is 4.51. The number of benzene rings is 1. The molecule has 0 saturated carbocycles. The maximum Gasteiger partial charge on any atom is 0.254 e. The van der Waals surface area contributed by atoms with E-state index >= 15 is 0 Å². The number of phenols is 1. The average Bonchev–Trinajstić information content (AvgIpc) is 3.14. The molecular weight excluding hydrogens is 382 g/mol. The first kappa shape index (κ1) is 19.0. The van der Waals surface area contributed by atoms with Gasteiger partial charge in [-0.2, -0.15) is 5.10 Å². The number of carbonyl (C=O) groups excluding carboxylic acids is 1. The number of aromatic amines is 1. The second kappa shape index (κ2) is 7.37. The molecule has 1 spiro atoms. The third-order valence-electron chi connectivity index (χ3n) is 6.07. The van der Waals surface area contributed by atoms with Crippen LogP contribution in [0.1, 0.15) is 28.9 Å². The summed E-state index contributed by atoms with van der Waals surface area (Å²) in [5.41, 5.74) is 3.10. The summed E-state index contributed by atoms with van der Waals surface area (Å²) in [4.78, 5) is 20.2. The molecule has 0 bridgehead atoms. The van der Waals surface area contributed by atoms with Crippen LogP contribution in [-0.4, -0.2) is 69.5 Å². The average molecular weight is 407 g/mol. The minimum absolute atomic E-state index is 0.0276. The number of nitrogens with zero attached hydrogens (tertiary/aromatic N) is 3. The summed E-state index contributed by atoms with van der Waals surface area (Å²) in [5.74, 6) is 0.159. The van der Waals surface area contributed by atoms with Crippen molar-refractivity contribution in [2.24, 2.45) is 0 Å². The lowest BCUT2D eigenvalue weighted by molar-refractivity contribution is -0.109. The van der Waals surface area contributed by atoms with Crippen molar-refractivity contribution in [3.05, 3.63) is 41.6 Å². The Morgan fingerprint density at radius 3 is 2.90 bits per heavy atom. The Morgan fingerprint density at radius 2 is 2.13 bits per heavy atom. The van der Waals surface area contributed by atoms with Crippen LogP contribution in [0.2, 0.25) is 0 Å². The van der Waals surface area contributed by atoms with Crippen molar-refractivity contribution >= 4 is 16.9 Å². The zero-order valence-corrected chi connectivity index (χ0v) is 16.9. The summed E-state index contributed by atoms with van der Waals surface area (Å²) in [6.45, 7) is 5.35. The molecule has 2 aromatic heterocycles. The zero-order valence-electron chi connectivity index (χ0n) is 16.9. The van der Waals surface area contributed by atoms with E-state index in [1.54, 1.807) is 24.3 Å². The summed E-state index contributed by atoms with van der Waals surface area (Å²) >= 11 is 0. The predicted molar refractivity (Wildman–Crippen MR) is 112 cm³/mol. The monoisotopic (exact) mass is 407 g/mol. The van der Waals surface area contributed by atoms with Crippen LogP contribution in [0, 0.1) is 6.92 Å². The normalized spacial score (nSPS) is 22.0. The zero-order chi connectivity index (χ0) is 20.7. The molecule has 3 aromatic rings. The molecule has 1 atom stereocenters. The number of phenolic OH excluding ortho intramolecular Hbond substituents is 1. The van der Waals surface area contributed by atoms with E-state index in [1.807, 2.05) is 17.9 Å². The molecule has 8 nitrogen and oxygen atoms in total. The molecule has 0 radical (unpaired) electrons. The standard InChI is InChI=1S/C22H25N5O3/c1-14-19-17(21(29)27-9-10-30-22(13-27)7-2-8-23-12-22)11-18(24-20(19)26-25-14)15-3-5-16(28)6-4-15/h3-6,11,23,28H,2,7-10,12-13H2,1H3,(H,24,25,26). The molecule has 2 fully saturated rings. The Balaban J connectivity index is 1.54. The number of aromatic hydroxyl groups is 1. The van der Waals surface area contributed by atoms with E-state index in [4.69, 9.17) is 4.74 Å². The molecule has 1 aromatic carbocycles. The van der Waals surface area contributed by atoms with E-state index in [9.17, 15) is 9.90 Å². The van der Waals surface area contributed by atoms with Crippen molar-refractivity contribution in [2.45, 2.75) is 25.4 Å². The van der Waals surface area contributed by atoms with E-state index in [1.165, 1.54) is 0 Å². The maximum atomic E-state index is 13.7. The molecule has 2 saturated heterocycles. The van der Waals surface area contributed by atoms with E-state index in [2.05, 4.69) is 20.5 Å². The number of hydrogen-bond donors (Lipinski definition) is 3. The van der Waals surface area contributed by atoms with Crippen LogP contribution in [0.5, 0.6) is 5.75 Å². The highest BCUT2D eigenvalue weighted by atomic mass is 16.5. The lowest BCUT2D eigenvalue weighted by atomic mass is 9.91. The highest BCUT2D eigenvalue weighted by Crippen LogP contribution is 2.30. The smallest absolute Gasteiger partial charge is 0.254 e. The van der Waals surface area contributed by atoms with Gasteiger partial charge in [-0.15, -0.1) is 0 Å². The van der Waals surface area contributed by atoms with Crippen LogP contribution in [-0.2, 0) is 4.74 Å². The molecule has 1 unspecified atom stereocenters. The highest BCUT2D eigenvalue weighted by Gasteiger charge is 2.40. The minimum Gasteiger partial charge on any atom is -0.508 e. The number of ether oxygens (including phenoxy) is 1. The van der Waals surface area contributed by atoms with Crippen molar-refractivity contribution in [2.75, 3.05) is 32.8 Å². The van der Waals surface area contributed by atoms with Crippen LogP contribution < -0.4 is 5.32 Å². The first-order chi connectivity index (χ1) is 14.5. The highest BCUT2D eigenvalue weighted by molar-refractivity contribution is 6.07. The second-order valence-corrected chi connectivity index (χ2v) is 8.19. The number of piperidine rings is 1. The summed E-state index contributed by atoms with van der Waals surface area (Å²) in [7, 11) is 0. The van der Waals surface area contributed by atoms with Gasteiger partial charge < -0.3 is 20.1 Å².